The molecule has 4 nitrogen and oxygen atoms in total. The number of rotatable bonds is 2. The molecule has 0 aromatic heterocycles. The Morgan fingerprint density at radius 1 is 1.31 bits per heavy atom. The molecule has 4 aliphatic rings. The summed E-state index contributed by atoms with van der Waals surface area (Å²) in [4.78, 5) is 24.3. The minimum absolute atomic E-state index is 0.0628. The molecular formula is C22H28O4. The van der Waals surface area contributed by atoms with Gasteiger partial charge in [-0.05, 0) is 68.1 Å². The highest BCUT2D eigenvalue weighted by atomic mass is 16.3. The van der Waals surface area contributed by atoms with Crippen molar-refractivity contribution in [1.29, 1.82) is 0 Å². The first-order chi connectivity index (χ1) is 12.2. The second-order valence-electron chi connectivity index (χ2n) is 9.15. The smallest absolute Gasteiger partial charge is 0.190 e. The molecule has 0 spiro atoms. The number of hydrogen-bond donors (Lipinski definition) is 2. The molecular weight excluding hydrogens is 328 g/mol. The summed E-state index contributed by atoms with van der Waals surface area (Å²) in [6.07, 6.45) is 10.5. The van der Waals surface area contributed by atoms with Crippen molar-refractivity contribution >= 4 is 11.6 Å². The second-order valence-corrected chi connectivity index (χ2v) is 9.15. The van der Waals surface area contributed by atoms with Gasteiger partial charge in [-0.15, -0.1) is 0 Å². The van der Waals surface area contributed by atoms with Crippen molar-refractivity contribution in [2.45, 2.75) is 52.1 Å². The molecule has 0 aromatic rings. The molecule has 2 fully saturated rings. The van der Waals surface area contributed by atoms with Gasteiger partial charge < -0.3 is 10.2 Å². The fourth-order valence-corrected chi connectivity index (χ4v) is 6.53. The third-order valence-corrected chi connectivity index (χ3v) is 8.03. The van der Waals surface area contributed by atoms with Crippen LogP contribution in [0.25, 0.3) is 0 Å². The van der Waals surface area contributed by atoms with E-state index in [9.17, 15) is 19.8 Å². The van der Waals surface area contributed by atoms with E-state index in [1.807, 2.05) is 13.0 Å². The molecule has 2 N–H and O–H groups in total. The van der Waals surface area contributed by atoms with Gasteiger partial charge in [0.2, 0.25) is 0 Å². The predicted octanol–water partition coefficient (Wildman–Crippen LogP) is 2.75. The molecule has 0 radical (unpaired) electrons. The number of carbonyl (C=O) groups excluding carboxylic acids is 2. The van der Waals surface area contributed by atoms with Crippen molar-refractivity contribution in [3.05, 3.63) is 35.5 Å². The number of fused-ring (bicyclic) bond motifs is 5. The zero-order valence-electron chi connectivity index (χ0n) is 15.8. The zero-order chi connectivity index (χ0) is 18.9. The molecule has 4 heteroatoms. The summed E-state index contributed by atoms with van der Waals surface area (Å²) < 4.78 is 0. The molecule has 4 aliphatic carbocycles. The van der Waals surface area contributed by atoms with Crippen LogP contribution in [-0.2, 0) is 9.59 Å². The zero-order valence-corrected chi connectivity index (χ0v) is 15.8. The molecule has 2 saturated carbocycles. The van der Waals surface area contributed by atoms with Gasteiger partial charge in [0.15, 0.2) is 11.6 Å². The van der Waals surface area contributed by atoms with E-state index in [0.717, 1.165) is 12.8 Å². The van der Waals surface area contributed by atoms with Crippen LogP contribution in [0.5, 0.6) is 0 Å². The maximum absolute atomic E-state index is 12.4. The molecule has 0 saturated heterocycles. The van der Waals surface area contributed by atoms with Crippen LogP contribution in [0.1, 0.15) is 46.5 Å². The predicted molar refractivity (Wildman–Crippen MR) is 98.2 cm³/mol. The van der Waals surface area contributed by atoms with Crippen LogP contribution in [0.4, 0.5) is 0 Å². The van der Waals surface area contributed by atoms with E-state index in [0.29, 0.717) is 24.7 Å². The van der Waals surface area contributed by atoms with E-state index < -0.39 is 23.4 Å². The van der Waals surface area contributed by atoms with Crippen molar-refractivity contribution < 1.29 is 19.8 Å². The molecule has 0 aromatic carbocycles. The number of ketones is 2. The maximum Gasteiger partial charge on any atom is 0.190 e. The third kappa shape index (κ3) is 2.03. The van der Waals surface area contributed by atoms with E-state index in [1.165, 1.54) is 11.1 Å². The Balaban J connectivity index is 1.80. The van der Waals surface area contributed by atoms with E-state index in [1.54, 1.807) is 12.2 Å². The van der Waals surface area contributed by atoms with Gasteiger partial charge in [-0.3, -0.25) is 9.59 Å². The molecule has 140 valence electrons. The number of hydrogen-bond acceptors (Lipinski definition) is 4. The van der Waals surface area contributed by atoms with Gasteiger partial charge in [0, 0.05) is 10.8 Å². The van der Waals surface area contributed by atoms with Crippen LogP contribution < -0.4 is 0 Å². The second kappa shape index (κ2) is 5.49. The summed E-state index contributed by atoms with van der Waals surface area (Å²) in [6, 6.07) is 0. The highest BCUT2D eigenvalue weighted by Gasteiger charge is 2.64. The van der Waals surface area contributed by atoms with E-state index in [-0.39, 0.29) is 17.1 Å². The largest absolute Gasteiger partial charge is 0.388 e. The normalized spacial score (nSPS) is 46.8. The molecule has 26 heavy (non-hydrogen) atoms. The van der Waals surface area contributed by atoms with E-state index >= 15 is 0 Å². The van der Waals surface area contributed by atoms with Crippen molar-refractivity contribution in [2.75, 3.05) is 6.61 Å². The van der Waals surface area contributed by atoms with Gasteiger partial charge in [-0.1, -0.05) is 31.6 Å². The molecule has 6 atom stereocenters. The topological polar surface area (TPSA) is 74.6 Å². The first kappa shape index (κ1) is 17.9. The first-order valence-electron chi connectivity index (χ1n) is 9.70. The minimum atomic E-state index is -1.44. The van der Waals surface area contributed by atoms with Gasteiger partial charge in [0.1, 0.15) is 12.2 Å². The molecule has 0 bridgehead atoms. The Kier molecular flexibility index (Phi) is 3.78. The Hall–Kier alpha value is -1.52. The number of aliphatic hydroxyl groups is 2. The lowest BCUT2D eigenvalue weighted by atomic mass is 9.49. The van der Waals surface area contributed by atoms with Crippen LogP contribution in [-0.4, -0.2) is 34.0 Å². The maximum atomic E-state index is 12.4. The molecule has 0 unspecified atom stereocenters. The fourth-order valence-electron chi connectivity index (χ4n) is 6.53. The standard InChI is InChI=1S/C22H28O4/c1-13-10-15-16(20(2)7-4-14(24)11-18(13)20)5-8-21(3)17(15)6-9-22(21,26)19(25)12-23/h4-5,7,11,13,15,17,23,26H,6,8-10,12H2,1-3H3/t13-,15+,17-,20+,21-,22-/m0/s1. The SMILES string of the molecule is C[C@H]1C[C@@H]2C(=CC[C@@]3(C)[C@H]2CC[C@]3(O)C(=O)CO)[C@@]2(C)C=CC(=O)C=C12. The van der Waals surface area contributed by atoms with Gasteiger partial charge in [0.25, 0.3) is 0 Å². The van der Waals surface area contributed by atoms with Gasteiger partial charge in [-0.2, -0.15) is 0 Å². The van der Waals surface area contributed by atoms with Gasteiger partial charge in [-0.25, -0.2) is 0 Å². The first-order valence-corrected chi connectivity index (χ1v) is 9.70. The van der Waals surface area contributed by atoms with Crippen molar-refractivity contribution in [3.8, 4) is 0 Å². The summed E-state index contributed by atoms with van der Waals surface area (Å²) in [5.74, 6) is 0.422. The minimum Gasteiger partial charge on any atom is -0.388 e. The molecule has 0 aliphatic heterocycles. The average molecular weight is 356 g/mol. The van der Waals surface area contributed by atoms with Crippen LogP contribution in [0.2, 0.25) is 0 Å². The van der Waals surface area contributed by atoms with E-state index in [4.69, 9.17) is 0 Å². The Morgan fingerprint density at radius 3 is 2.73 bits per heavy atom. The fraction of sp³-hybridized carbons (Fsp3) is 0.636. The molecule has 4 rings (SSSR count). The Morgan fingerprint density at radius 2 is 2.04 bits per heavy atom. The monoisotopic (exact) mass is 356 g/mol. The van der Waals surface area contributed by atoms with Gasteiger partial charge >= 0.3 is 0 Å². The highest BCUT2D eigenvalue weighted by molar-refractivity contribution is 6.01. The number of carbonyl (C=O) groups is 2. The van der Waals surface area contributed by atoms with Crippen molar-refractivity contribution in [1.82, 2.24) is 0 Å². The summed E-state index contributed by atoms with van der Waals surface area (Å²) in [6.45, 7) is 5.79. The number of allylic oxidation sites excluding steroid dienone is 6. The molecule has 0 heterocycles. The average Bonchev–Trinajstić information content (AvgIpc) is 2.88. The highest BCUT2D eigenvalue weighted by Crippen LogP contribution is 2.65. The number of Topliss-reactive ketones (excluding diaryl/α,β-unsaturated/α-hetero) is 1. The van der Waals surface area contributed by atoms with E-state index in [2.05, 4.69) is 19.9 Å². The van der Waals surface area contributed by atoms with Crippen molar-refractivity contribution in [3.63, 3.8) is 0 Å². The van der Waals surface area contributed by atoms with Gasteiger partial charge in [0.05, 0.1) is 0 Å². The van der Waals surface area contributed by atoms with Crippen LogP contribution in [0, 0.1) is 28.6 Å². The quantitative estimate of drug-likeness (QED) is 0.746. The summed E-state index contributed by atoms with van der Waals surface area (Å²) in [5, 5.41) is 20.6. The summed E-state index contributed by atoms with van der Waals surface area (Å²) in [7, 11) is 0. The van der Waals surface area contributed by atoms with Crippen molar-refractivity contribution in [2.24, 2.45) is 28.6 Å². The lowest BCUT2D eigenvalue weighted by molar-refractivity contribution is -0.155. The van der Waals surface area contributed by atoms with Crippen LogP contribution >= 0.6 is 0 Å². The lowest BCUT2D eigenvalue weighted by Gasteiger charge is -2.55. The third-order valence-electron chi connectivity index (χ3n) is 8.03. The van der Waals surface area contributed by atoms with Crippen LogP contribution in [0.3, 0.4) is 0 Å². The Bertz CT molecular complexity index is 775. The summed E-state index contributed by atoms with van der Waals surface area (Å²) in [5.41, 5.74) is 0.323. The number of aliphatic hydroxyl groups excluding tert-OH is 1. The molecule has 0 amide bonds. The van der Waals surface area contributed by atoms with Crippen LogP contribution in [0.15, 0.2) is 35.5 Å². The summed E-state index contributed by atoms with van der Waals surface area (Å²) >= 11 is 0. The lowest BCUT2D eigenvalue weighted by Crippen LogP contribution is -2.55. The Labute approximate surface area is 154 Å².